The Hall–Kier alpha value is -6.19. The summed E-state index contributed by atoms with van der Waals surface area (Å²) < 4.78 is 0. The van der Waals surface area contributed by atoms with Crippen molar-refractivity contribution in [2.45, 2.75) is 153 Å². The third-order valence-electron chi connectivity index (χ3n) is 18.3. The van der Waals surface area contributed by atoms with Gasteiger partial charge in [0, 0.05) is 61.2 Å². The Labute approximate surface area is 472 Å². The van der Waals surface area contributed by atoms with Gasteiger partial charge in [0.05, 0.1) is 30.0 Å². The molecule has 0 saturated heterocycles. The number of allylic oxidation sites excluding steroid dienone is 5. The summed E-state index contributed by atoms with van der Waals surface area (Å²) in [5, 5.41) is 85.8. The molecular formula is C65H85N7O8. The first kappa shape index (κ1) is 59.9. The first-order valence-electron chi connectivity index (χ1n) is 28.6. The number of ketones is 1. The zero-order valence-electron chi connectivity index (χ0n) is 47.3. The molecule has 12 unspecified atom stereocenters. The van der Waals surface area contributed by atoms with Crippen molar-refractivity contribution in [1.29, 1.82) is 0 Å². The number of nitrogens with one attached hydrogen (secondary N) is 4. The number of hydrogen-bond donors (Lipinski definition) is 12. The van der Waals surface area contributed by atoms with Gasteiger partial charge in [-0.2, -0.15) is 4.99 Å². The van der Waals surface area contributed by atoms with Crippen LogP contribution in [-0.2, 0) is 28.9 Å². The van der Waals surface area contributed by atoms with Gasteiger partial charge in [-0.15, -0.1) is 0 Å². The number of aliphatic hydroxyl groups is 5. The van der Waals surface area contributed by atoms with Crippen molar-refractivity contribution in [2.75, 3.05) is 26.2 Å². The number of guanidine groups is 1. The number of phenolic OH excluding ortho intramolecular Hbond substituents is 1. The first-order chi connectivity index (χ1) is 38.2. The van der Waals surface area contributed by atoms with E-state index in [1.807, 2.05) is 79.7 Å². The molecule has 12 atom stereocenters. The van der Waals surface area contributed by atoms with Crippen molar-refractivity contribution >= 4 is 17.6 Å². The summed E-state index contributed by atoms with van der Waals surface area (Å²) in [6.45, 7) is 14.7. The number of rotatable bonds is 10. The number of nitrogens with zero attached hydrogens (tertiary/aromatic N) is 1. The van der Waals surface area contributed by atoms with Crippen LogP contribution >= 0.6 is 0 Å². The van der Waals surface area contributed by atoms with Crippen LogP contribution in [0.2, 0.25) is 0 Å². The maximum Gasteiger partial charge on any atom is 0.243 e. The lowest BCUT2D eigenvalue weighted by Crippen LogP contribution is -2.59. The summed E-state index contributed by atoms with van der Waals surface area (Å²) in [5.41, 5.74) is 17.1. The van der Waals surface area contributed by atoms with E-state index < -0.39 is 70.6 Å². The van der Waals surface area contributed by atoms with Crippen LogP contribution in [-0.4, -0.2) is 104 Å². The maximum absolute atomic E-state index is 15.2. The fourth-order valence-corrected chi connectivity index (χ4v) is 13.9. The van der Waals surface area contributed by atoms with E-state index in [9.17, 15) is 35.4 Å². The third-order valence-corrected chi connectivity index (χ3v) is 18.3. The second-order valence-electron chi connectivity index (χ2n) is 23.6. The number of benzene rings is 3. The number of carbonyl (C=O) groups is 2. The van der Waals surface area contributed by atoms with Crippen molar-refractivity contribution < 1.29 is 40.2 Å². The summed E-state index contributed by atoms with van der Waals surface area (Å²) >= 11 is 0. The van der Waals surface area contributed by atoms with Crippen LogP contribution < -0.4 is 32.7 Å². The topological polar surface area (TPSA) is 268 Å². The van der Waals surface area contributed by atoms with Gasteiger partial charge < -0.3 is 58.1 Å². The zero-order chi connectivity index (χ0) is 57.5. The standard InChI is InChI=1S/C65H85N7O8/c1-7-68-55(25-18-39(2)3)40(4)12-8-16-46(37-73)50-27-30-65(59(50)77)53-24-23-48(75)33-42-13-9-14-43(32-42)34-54-52(44-19-21-47(74)22-20-44)36-70-62(67)69-31-11-28-64(54,80)38-71-58-57-45(15-10-17-51(57)60(66)72-61(58)78)35-56(76)41(5)49(53)26-29-63(65,6)79/h8-10,12-22,32,48,50,52-55,58-60,68,71,73-75,77,79-80H,4,7,23-30,33-38,66H2,1-3,5-6H3,(H,72,78)(H3,67,69,70). The number of amides is 1. The summed E-state index contributed by atoms with van der Waals surface area (Å²) in [7, 11) is 0. The van der Waals surface area contributed by atoms with Crippen LogP contribution in [0.15, 0.2) is 130 Å². The highest BCUT2D eigenvalue weighted by atomic mass is 16.3. The number of nitrogens with two attached hydrogens (primary N) is 2. The highest BCUT2D eigenvalue weighted by Crippen LogP contribution is 2.63. The van der Waals surface area contributed by atoms with Crippen LogP contribution in [0.5, 0.6) is 5.75 Å². The van der Waals surface area contributed by atoms with Gasteiger partial charge in [-0.3, -0.25) is 14.9 Å². The molecule has 3 heterocycles. The molecule has 8 rings (SSSR count). The Morgan fingerprint density at radius 1 is 1.01 bits per heavy atom. The molecular weight excluding hydrogens is 1010 g/mol. The van der Waals surface area contributed by atoms with E-state index in [1.54, 1.807) is 19.1 Å². The van der Waals surface area contributed by atoms with Gasteiger partial charge in [-0.25, -0.2) is 0 Å². The number of carbonyl (C=O) groups excluding carboxylic acids is 2. The zero-order valence-corrected chi connectivity index (χ0v) is 47.3. The lowest BCUT2D eigenvalue weighted by molar-refractivity contribution is -0.168. The van der Waals surface area contributed by atoms with E-state index in [2.05, 4.69) is 71.7 Å². The summed E-state index contributed by atoms with van der Waals surface area (Å²) in [6.07, 6.45) is 8.38. The normalized spacial score (nSPS) is 31.0. The van der Waals surface area contributed by atoms with Gasteiger partial charge in [-0.1, -0.05) is 109 Å². The Bertz CT molecular complexity index is 2980. The van der Waals surface area contributed by atoms with Crippen LogP contribution in [0.25, 0.3) is 0 Å². The minimum absolute atomic E-state index is 0.0247. The molecule has 3 aliphatic heterocycles. The third kappa shape index (κ3) is 12.9. The average Bonchev–Trinajstić information content (AvgIpc) is 3.99. The monoisotopic (exact) mass is 1090 g/mol. The molecule has 2 bridgehead atoms. The molecule has 5 aliphatic rings. The molecule has 15 heteroatoms. The molecule has 80 heavy (non-hydrogen) atoms. The number of aliphatic imine (C=N–C) groups is 1. The van der Waals surface area contributed by atoms with E-state index in [1.165, 1.54) is 5.57 Å². The second-order valence-corrected chi connectivity index (χ2v) is 23.6. The number of aromatic hydroxyl groups is 1. The van der Waals surface area contributed by atoms with E-state index in [-0.39, 0.29) is 75.3 Å². The fraction of sp³-hybridized carbons (Fsp3) is 0.492. The molecule has 14 N–H and O–H groups in total. The van der Waals surface area contributed by atoms with Gasteiger partial charge in [0.2, 0.25) is 11.9 Å². The van der Waals surface area contributed by atoms with Gasteiger partial charge >= 0.3 is 0 Å². The molecule has 2 saturated carbocycles. The van der Waals surface area contributed by atoms with E-state index in [0.717, 1.165) is 40.8 Å². The number of Topliss-reactive ketones (excluding diaryl/α,β-unsaturated/α-hetero) is 1. The average molecular weight is 1090 g/mol. The van der Waals surface area contributed by atoms with Crippen LogP contribution in [0.3, 0.4) is 0 Å². The fourth-order valence-electron chi connectivity index (χ4n) is 13.9. The molecule has 15 nitrogen and oxygen atoms in total. The number of hydrogen-bond acceptors (Lipinski definition) is 14. The molecule has 0 radical (unpaired) electrons. The maximum atomic E-state index is 15.2. The Kier molecular flexibility index (Phi) is 19.3. The highest BCUT2D eigenvalue weighted by Gasteiger charge is 2.64. The molecule has 0 aromatic heterocycles. The van der Waals surface area contributed by atoms with Gasteiger partial charge in [0.1, 0.15) is 18.0 Å². The molecule has 2 aliphatic carbocycles. The van der Waals surface area contributed by atoms with E-state index in [4.69, 9.17) is 11.5 Å². The molecule has 3 aromatic carbocycles. The lowest BCUT2D eigenvalue weighted by Gasteiger charge is -2.56. The SMILES string of the molecule is C=C(C=CC=C(CO)C1CCC2(C3CCC(O)Cc4cccc(c4)CC4C(c5ccc(O)cc5)CNC(N)=NC#CCC4(O)CNC4C(=O)NC(N)c5cccc(c54)CC(=O)C(C)=C3CCC2(C)O)C1O)C(CC=C(C)C)NCC. The summed E-state index contributed by atoms with van der Waals surface area (Å²) in [6, 6.07) is 22.0. The lowest BCUT2D eigenvalue weighted by atomic mass is 9.52. The van der Waals surface area contributed by atoms with E-state index >= 15 is 4.79 Å². The minimum Gasteiger partial charge on any atom is -0.508 e. The molecule has 428 valence electrons. The molecule has 2 fully saturated rings. The number of fused-ring (bicyclic) bond motifs is 5. The van der Waals surface area contributed by atoms with Crippen molar-refractivity contribution in [2.24, 2.45) is 39.6 Å². The largest absolute Gasteiger partial charge is 0.508 e. The van der Waals surface area contributed by atoms with Crippen LogP contribution in [0.4, 0.5) is 0 Å². The number of phenols is 1. The Morgan fingerprint density at radius 2 is 1.75 bits per heavy atom. The molecule has 3 aromatic rings. The van der Waals surface area contributed by atoms with Crippen molar-refractivity contribution in [3.05, 3.63) is 159 Å². The van der Waals surface area contributed by atoms with Crippen molar-refractivity contribution in [1.82, 2.24) is 21.3 Å². The highest BCUT2D eigenvalue weighted by molar-refractivity contribution is 5.98. The molecule has 1 amide bonds. The number of β-amino-alcohol motifs (C(OH)–C–C–N with tert-alkyl or cyclic N) is 1. The number of aliphatic hydroxyl groups excluding tert-OH is 3. The van der Waals surface area contributed by atoms with Crippen molar-refractivity contribution in [3.8, 4) is 17.7 Å². The quantitative estimate of drug-likeness (QED) is 0.0617. The summed E-state index contributed by atoms with van der Waals surface area (Å²) in [4.78, 5) is 33.8. The van der Waals surface area contributed by atoms with Crippen molar-refractivity contribution in [3.63, 3.8) is 0 Å². The second kappa shape index (κ2) is 25.7. The van der Waals surface area contributed by atoms with Gasteiger partial charge in [-0.05, 0) is 160 Å². The Morgan fingerprint density at radius 3 is 2.48 bits per heavy atom. The number of likely N-dealkylation sites (N-methyl/N-ethyl adjacent to an activating group) is 1. The minimum atomic E-state index is -1.64. The van der Waals surface area contributed by atoms with Crippen LogP contribution in [0.1, 0.15) is 137 Å². The molecule has 1 spiro atoms. The summed E-state index contributed by atoms with van der Waals surface area (Å²) in [5.74, 6) is 0.502. The predicted octanol–water partition coefficient (Wildman–Crippen LogP) is 6.16. The van der Waals surface area contributed by atoms with Gasteiger partial charge in [0.15, 0.2) is 5.78 Å². The van der Waals surface area contributed by atoms with Crippen LogP contribution in [0, 0.1) is 35.1 Å². The Balaban J connectivity index is 1.22. The predicted molar refractivity (Wildman–Crippen MR) is 314 cm³/mol. The van der Waals surface area contributed by atoms with E-state index in [0.29, 0.717) is 59.9 Å². The first-order valence-corrected chi connectivity index (χ1v) is 28.6. The smallest absolute Gasteiger partial charge is 0.243 e. The van der Waals surface area contributed by atoms with Gasteiger partial charge in [0.25, 0.3) is 0 Å².